The second-order valence-corrected chi connectivity index (χ2v) is 3.76. The second-order valence-electron chi connectivity index (χ2n) is 2.98. The van der Waals surface area contributed by atoms with E-state index in [4.69, 9.17) is 0 Å². The van der Waals surface area contributed by atoms with Gasteiger partial charge in [0.1, 0.15) is 5.69 Å². The summed E-state index contributed by atoms with van der Waals surface area (Å²) in [6, 6.07) is 0.944. The molecule has 0 saturated heterocycles. The molecule has 0 unspecified atom stereocenters. The van der Waals surface area contributed by atoms with E-state index in [0.29, 0.717) is 16.1 Å². The van der Waals surface area contributed by atoms with Gasteiger partial charge in [0.25, 0.3) is 0 Å². The second kappa shape index (κ2) is 3.89. The SMILES string of the molecule is CSc1ncc2cc(C(F)(F)F)ncc2n1. The summed E-state index contributed by atoms with van der Waals surface area (Å²) in [4.78, 5) is 11.3. The third kappa shape index (κ3) is 2.08. The van der Waals surface area contributed by atoms with E-state index in [1.54, 1.807) is 6.26 Å². The molecular formula is C9H6F3N3S. The molecule has 3 nitrogen and oxygen atoms in total. The van der Waals surface area contributed by atoms with Gasteiger partial charge in [0, 0.05) is 11.6 Å². The van der Waals surface area contributed by atoms with E-state index < -0.39 is 11.9 Å². The van der Waals surface area contributed by atoms with Gasteiger partial charge in [0.05, 0.1) is 11.7 Å². The first-order valence-corrected chi connectivity index (χ1v) is 5.47. The number of aromatic nitrogens is 3. The Balaban J connectivity index is 2.56. The molecule has 0 aromatic carbocycles. The third-order valence-electron chi connectivity index (χ3n) is 1.92. The standard InChI is InChI=1S/C9H6F3N3S/c1-16-8-14-3-5-2-7(9(10,11)12)13-4-6(5)15-8/h2-4H,1H3. The van der Waals surface area contributed by atoms with Crippen molar-refractivity contribution in [2.45, 2.75) is 11.3 Å². The largest absolute Gasteiger partial charge is 0.433 e. The number of hydrogen-bond donors (Lipinski definition) is 0. The molecule has 0 amide bonds. The van der Waals surface area contributed by atoms with Crippen LogP contribution in [0.15, 0.2) is 23.6 Å². The number of pyridine rings is 1. The molecule has 0 bridgehead atoms. The highest BCUT2D eigenvalue weighted by molar-refractivity contribution is 7.98. The van der Waals surface area contributed by atoms with Crippen molar-refractivity contribution in [1.82, 2.24) is 15.0 Å². The van der Waals surface area contributed by atoms with Crippen LogP contribution in [0.3, 0.4) is 0 Å². The van der Waals surface area contributed by atoms with E-state index in [1.807, 2.05) is 0 Å². The summed E-state index contributed by atoms with van der Waals surface area (Å²) in [5.74, 6) is 0. The van der Waals surface area contributed by atoms with Crippen LogP contribution in [0.4, 0.5) is 13.2 Å². The average molecular weight is 245 g/mol. The number of halogens is 3. The van der Waals surface area contributed by atoms with E-state index in [0.717, 1.165) is 12.3 Å². The molecule has 0 aliphatic carbocycles. The predicted molar refractivity (Wildman–Crippen MR) is 54.1 cm³/mol. The summed E-state index contributed by atoms with van der Waals surface area (Å²) in [6.45, 7) is 0. The molecule has 2 aromatic rings. The van der Waals surface area contributed by atoms with Crippen LogP contribution < -0.4 is 0 Å². The molecule has 7 heteroatoms. The van der Waals surface area contributed by atoms with Gasteiger partial charge in [-0.15, -0.1) is 0 Å². The fourth-order valence-electron chi connectivity index (χ4n) is 1.17. The summed E-state index contributed by atoms with van der Waals surface area (Å²) < 4.78 is 37.1. The highest BCUT2D eigenvalue weighted by Gasteiger charge is 2.32. The van der Waals surface area contributed by atoms with Crippen LogP contribution in [-0.2, 0) is 6.18 Å². The third-order valence-corrected chi connectivity index (χ3v) is 2.48. The number of alkyl halides is 3. The van der Waals surface area contributed by atoms with Gasteiger partial charge < -0.3 is 0 Å². The molecule has 0 fully saturated rings. The van der Waals surface area contributed by atoms with Gasteiger partial charge in [-0.2, -0.15) is 13.2 Å². The quantitative estimate of drug-likeness (QED) is 0.572. The fourth-order valence-corrected chi connectivity index (χ4v) is 1.52. The van der Waals surface area contributed by atoms with Gasteiger partial charge in [0.2, 0.25) is 0 Å². The smallest absolute Gasteiger partial charge is 0.249 e. The molecule has 0 radical (unpaired) electrons. The summed E-state index contributed by atoms with van der Waals surface area (Å²) in [7, 11) is 0. The molecule has 0 atom stereocenters. The summed E-state index contributed by atoms with van der Waals surface area (Å²) >= 11 is 1.32. The molecule has 0 aliphatic rings. The fraction of sp³-hybridized carbons (Fsp3) is 0.222. The number of nitrogens with zero attached hydrogens (tertiary/aromatic N) is 3. The van der Waals surface area contributed by atoms with Crippen molar-refractivity contribution in [3.63, 3.8) is 0 Å². The van der Waals surface area contributed by atoms with Gasteiger partial charge in [-0.3, -0.25) is 0 Å². The van der Waals surface area contributed by atoms with E-state index in [9.17, 15) is 13.2 Å². The van der Waals surface area contributed by atoms with E-state index in [2.05, 4.69) is 15.0 Å². The molecular weight excluding hydrogens is 239 g/mol. The van der Waals surface area contributed by atoms with E-state index in [1.165, 1.54) is 18.0 Å². The van der Waals surface area contributed by atoms with Gasteiger partial charge in [-0.25, -0.2) is 15.0 Å². The molecule has 0 spiro atoms. The number of hydrogen-bond acceptors (Lipinski definition) is 4. The van der Waals surface area contributed by atoms with Crippen LogP contribution in [0.5, 0.6) is 0 Å². The van der Waals surface area contributed by atoms with E-state index >= 15 is 0 Å². The van der Waals surface area contributed by atoms with Crippen LogP contribution in [0.1, 0.15) is 5.69 Å². The van der Waals surface area contributed by atoms with Gasteiger partial charge in [0.15, 0.2) is 5.16 Å². The van der Waals surface area contributed by atoms with Crippen LogP contribution in [-0.4, -0.2) is 21.2 Å². The van der Waals surface area contributed by atoms with Gasteiger partial charge in [-0.1, -0.05) is 11.8 Å². The Morgan fingerprint density at radius 2 is 1.94 bits per heavy atom. The predicted octanol–water partition coefficient (Wildman–Crippen LogP) is 2.77. The molecule has 16 heavy (non-hydrogen) atoms. The molecule has 2 rings (SSSR count). The van der Waals surface area contributed by atoms with Gasteiger partial charge >= 0.3 is 6.18 Å². The number of rotatable bonds is 1. The minimum absolute atomic E-state index is 0.333. The van der Waals surface area contributed by atoms with Crippen LogP contribution >= 0.6 is 11.8 Å². The molecule has 2 heterocycles. The van der Waals surface area contributed by atoms with Crippen molar-refractivity contribution in [2.75, 3.05) is 6.26 Å². The van der Waals surface area contributed by atoms with E-state index in [-0.39, 0.29) is 0 Å². The maximum absolute atomic E-state index is 12.4. The molecule has 0 aliphatic heterocycles. The molecule has 84 valence electrons. The van der Waals surface area contributed by atoms with Crippen molar-refractivity contribution in [3.05, 3.63) is 24.2 Å². The summed E-state index contributed by atoms with van der Waals surface area (Å²) in [5, 5.41) is 0.842. The van der Waals surface area contributed by atoms with Crippen LogP contribution in [0.25, 0.3) is 10.9 Å². The number of fused-ring (bicyclic) bond motifs is 1. The van der Waals surface area contributed by atoms with Gasteiger partial charge in [-0.05, 0) is 12.3 Å². The Morgan fingerprint density at radius 3 is 2.56 bits per heavy atom. The van der Waals surface area contributed by atoms with Crippen molar-refractivity contribution in [2.24, 2.45) is 0 Å². The lowest BCUT2D eigenvalue weighted by Gasteiger charge is -2.06. The summed E-state index contributed by atoms with van der Waals surface area (Å²) in [6.07, 6.45) is -0.171. The maximum atomic E-state index is 12.4. The molecule has 0 N–H and O–H groups in total. The molecule has 0 saturated carbocycles. The minimum atomic E-state index is -4.44. The Bertz CT molecular complexity index is 527. The Morgan fingerprint density at radius 1 is 1.19 bits per heavy atom. The topological polar surface area (TPSA) is 38.7 Å². The lowest BCUT2D eigenvalue weighted by atomic mass is 10.2. The highest BCUT2D eigenvalue weighted by atomic mass is 32.2. The van der Waals surface area contributed by atoms with Crippen molar-refractivity contribution >= 4 is 22.7 Å². The average Bonchev–Trinajstić information content (AvgIpc) is 2.26. The zero-order valence-corrected chi connectivity index (χ0v) is 8.93. The Labute approximate surface area is 93.1 Å². The normalized spacial score (nSPS) is 12.0. The zero-order chi connectivity index (χ0) is 11.8. The number of thioether (sulfide) groups is 1. The first kappa shape index (κ1) is 11.1. The van der Waals surface area contributed by atoms with Crippen molar-refractivity contribution in [3.8, 4) is 0 Å². The zero-order valence-electron chi connectivity index (χ0n) is 8.12. The highest BCUT2D eigenvalue weighted by Crippen LogP contribution is 2.29. The Kier molecular flexibility index (Phi) is 2.71. The van der Waals surface area contributed by atoms with Crippen molar-refractivity contribution < 1.29 is 13.2 Å². The minimum Gasteiger partial charge on any atom is -0.249 e. The maximum Gasteiger partial charge on any atom is 0.433 e. The monoisotopic (exact) mass is 245 g/mol. The molecule has 2 aromatic heterocycles. The first-order valence-electron chi connectivity index (χ1n) is 4.24. The van der Waals surface area contributed by atoms with Crippen LogP contribution in [0, 0.1) is 0 Å². The summed E-state index contributed by atoms with van der Waals surface area (Å²) in [5.41, 5.74) is -0.521. The first-order chi connectivity index (χ1) is 7.50. The lowest BCUT2D eigenvalue weighted by molar-refractivity contribution is -0.141. The lowest BCUT2D eigenvalue weighted by Crippen LogP contribution is -2.07. The van der Waals surface area contributed by atoms with Crippen LogP contribution in [0.2, 0.25) is 0 Å². The Hall–Kier alpha value is -1.37. The van der Waals surface area contributed by atoms with Crippen molar-refractivity contribution in [1.29, 1.82) is 0 Å².